The fourth-order valence-electron chi connectivity index (χ4n) is 3.22. The van der Waals surface area contributed by atoms with Gasteiger partial charge in [-0.15, -0.1) is 0 Å². The van der Waals surface area contributed by atoms with E-state index >= 15 is 0 Å². The van der Waals surface area contributed by atoms with Gasteiger partial charge in [0, 0.05) is 15.7 Å². The Morgan fingerprint density at radius 3 is 2.71 bits per heavy atom. The molecule has 4 aromatic rings. The maximum Gasteiger partial charge on any atom is 0.262 e. The first-order chi connectivity index (χ1) is 15.0. The smallest absolute Gasteiger partial charge is 0.262 e. The van der Waals surface area contributed by atoms with Gasteiger partial charge < -0.3 is 14.5 Å². The van der Waals surface area contributed by atoms with Gasteiger partial charge in [0.15, 0.2) is 12.2 Å². The van der Waals surface area contributed by atoms with Crippen molar-refractivity contribution < 1.29 is 13.9 Å². The molecule has 6 heteroatoms. The van der Waals surface area contributed by atoms with Gasteiger partial charge in [0.1, 0.15) is 11.3 Å². The van der Waals surface area contributed by atoms with Crippen molar-refractivity contribution in [3.8, 4) is 17.2 Å². The third kappa shape index (κ3) is 5.14. The van der Waals surface area contributed by atoms with Crippen molar-refractivity contribution in [1.29, 1.82) is 0 Å². The van der Waals surface area contributed by atoms with Crippen LogP contribution in [-0.4, -0.2) is 17.5 Å². The second-order valence-electron chi connectivity index (χ2n) is 7.43. The fourth-order valence-corrected chi connectivity index (χ4v) is 3.48. The van der Waals surface area contributed by atoms with Gasteiger partial charge in [0.25, 0.3) is 5.91 Å². The Morgan fingerprint density at radius 1 is 1.13 bits per heavy atom. The van der Waals surface area contributed by atoms with Gasteiger partial charge in [-0.05, 0) is 72.5 Å². The van der Waals surface area contributed by atoms with E-state index in [9.17, 15) is 4.79 Å². The monoisotopic (exact) mass is 478 g/mol. The Morgan fingerprint density at radius 2 is 1.94 bits per heavy atom. The van der Waals surface area contributed by atoms with Crippen LogP contribution in [0, 0.1) is 0 Å². The van der Waals surface area contributed by atoms with Crippen molar-refractivity contribution in [2.75, 3.05) is 11.9 Å². The molecular weight excluding hydrogens is 456 g/mol. The average molecular weight is 479 g/mol. The molecule has 1 N–H and O–H groups in total. The molecule has 158 valence electrons. The summed E-state index contributed by atoms with van der Waals surface area (Å²) >= 11 is 3.37. The quantitative estimate of drug-likeness (QED) is 0.317. The van der Waals surface area contributed by atoms with Crippen LogP contribution in [0.3, 0.4) is 0 Å². The molecule has 0 aliphatic carbocycles. The van der Waals surface area contributed by atoms with E-state index in [1.165, 1.54) is 5.56 Å². The standard InChI is InChI=1S/C25H23BrN2O3/c1-3-16(2)17-7-12-23-22(14-17)28-25(31-23)18-5-4-6-20(13-18)27-24(29)15-30-21-10-8-19(26)9-11-21/h4-14,16H,3,15H2,1-2H3,(H,27,29)/t16-/m1/s1. The van der Waals surface area contributed by atoms with Crippen LogP contribution in [0.4, 0.5) is 5.69 Å². The van der Waals surface area contributed by atoms with E-state index in [4.69, 9.17) is 9.15 Å². The van der Waals surface area contributed by atoms with Crippen LogP contribution in [0.1, 0.15) is 31.7 Å². The van der Waals surface area contributed by atoms with E-state index in [-0.39, 0.29) is 12.5 Å². The zero-order valence-corrected chi connectivity index (χ0v) is 19.0. The third-order valence-corrected chi connectivity index (χ3v) is 5.70. The lowest BCUT2D eigenvalue weighted by Gasteiger charge is -2.08. The Balaban J connectivity index is 1.46. The van der Waals surface area contributed by atoms with Crippen molar-refractivity contribution in [3.63, 3.8) is 0 Å². The number of nitrogens with zero attached hydrogens (tertiary/aromatic N) is 1. The summed E-state index contributed by atoms with van der Waals surface area (Å²) in [6, 6.07) is 20.9. The molecule has 1 amide bonds. The van der Waals surface area contributed by atoms with E-state index in [2.05, 4.69) is 52.2 Å². The second-order valence-corrected chi connectivity index (χ2v) is 8.34. The molecule has 0 spiro atoms. The molecular formula is C25H23BrN2O3. The van der Waals surface area contributed by atoms with Crippen LogP contribution in [0.25, 0.3) is 22.6 Å². The fraction of sp³-hybridized carbons (Fsp3) is 0.200. The average Bonchev–Trinajstić information content (AvgIpc) is 3.22. The number of aromatic nitrogens is 1. The number of amides is 1. The molecule has 4 rings (SSSR count). The topological polar surface area (TPSA) is 64.4 Å². The first-order valence-corrected chi connectivity index (χ1v) is 11.0. The summed E-state index contributed by atoms with van der Waals surface area (Å²) in [5, 5.41) is 2.86. The zero-order valence-electron chi connectivity index (χ0n) is 17.4. The Labute approximate surface area is 189 Å². The maximum absolute atomic E-state index is 12.3. The Kier molecular flexibility index (Phi) is 6.37. The number of halogens is 1. The van der Waals surface area contributed by atoms with Crippen molar-refractivity contribution in [2.45, 2.75) is 26.2 Å². The number of carbonyl (C=O) groups excluding carboxylic acids is 1. The lowest BCUT2D eigenvalue weighted by molar-refractivity contribution is -0.118. The largest absolute Gasteiger partial charge is 0.484 e. The van der Waals surface area contributed by atoms with E-state index in [1.807, 2.05) is 42.5 Å². The number of nitrogens with one attached hydrogen (secondary N) is 1. The SMILES string of the molecule is CC[C@@H](C)c1ccc2oc(-c3cccc(NC(=O)COc4ccc(Br)cc4)c3)nc2c1. The summed E-state index contributed by atoms with van der Waals surface area (Å²) < 4.78 is 12.4. The molecule has 3 aromatic carbocycles. The molecule has 1 atom stereocenters. The number of hydrogen-bond acceptors (Lipinski definition) is 4. The highest BCUT2D eigenvalue weighted by Gasteiger charge is 2.12. The first-order valence-electron chi connectivity index (χ1n) is 10.2. The van der Waals surface area contributed by atoms with Crippen LogP contribution in [-0.2, 0) is 4.79 Å². The molecule has 0 aliphatic rings. The predicted octanol–water partition coefficient (Wildman–Crippen LogP) is 6.79. The molecule has 1 heterocycles. The maximum atomic E-state index is 12.3. The number of ether oxygens (including phenoxy) is 1. The number of rotatable bonds is 7. The number of benzene rings is 3. The highest BCUT2D eigenvalue weighted by molar-refractivity contribution is 9.10. The van der Waals surface area contributed by atoms with E-state index in [0.717, 1.165) is 27.6 Å². The number of hydrogen-bond donors (Lipinski definition) is 1. The third-order valence-electron chi connectivity index (χ3n) is 5.17. The van der Waals surface area contributed by atoms with Gasteiger partial charge in [0.2, 0.25) is 5.89 Å². The second kappa shape index (κ2) is 9.35. The highest BCUT2D eigenvalue weighted by atomic mass is 79.9. The Hall–Kier alpha value is -3.12. The summed E-state index contributed by atoms with van der Waals surface area (Å²) in [5.41, 5.74) is 4.29. The normalized spacial score (nSPS) is 12.0. The molecule has 0 saturated heterocycles. The molecule has 0 saturated carbocycles. The lowest BCUT2D eigenvalue weighted by atomic mass is 9.98. The van der Waals surface area contributed by atoms with Crippen LogP contribution in [0.2, 0.25) is 0 Å². The van der Waals surface area contributed by atoms with Gasteiger partial charge in [-0.2, -0.15) is 0 Å². The highest BCUT2D eigenvalue weighted by Crippen LogP contribution is 2.29. The summed E-state index contributed by atoms with van der Waals surface area (Å²) in [5.74, 6) is 1.40. The van der Waals surface area contributed by atoms with Crippen molar-refractivity contribution in [3.05, 3.63) is 76.8 Å². The van der Waals surface area contributed by atoms with Crippen molar-refractivity contribution in [1.82, 2.24) is 4.98 Å². The minimum absolute atomic E-state index is 0.0763. The van der Waals surface area contributed by atoms with Crippen LogP contribution in [0.15, 0.2) is 75.6 Å². The molecule has 5 nitrogen and oxygen atoms in total. The minimum Gasteiger partial charge on any atom is -0.484 e. The van der Waals surface area contributed by atoms with E-state index in [0.29, 0.717) is 23.2 Å². The number of oxazole rings is 1. The Bertz CT molecular complexity index is 1200. The molecule has 0 radical (unpaired) electrons. The molecule has 0 unspecified atom stereocenters. The van der Waals surface area contributed by atoms with Gasteiger partial charge in [-0.25, -0.2) is 4.98 Å². The van der Waals surface area contributed by atoms with Crippen LogP contribution >= 0.6 is 15.9 Å². The summed E-state index contributed by atoms with van der Waals surface area (Å²) in [6.07, 6.45) is 1.07. The molecule has 0 aliphatic heterocycles. The van der Waals surface area contributed by atoms with Crippen LogP contribution < -0.4 is 10.1 Å². The number of fused-ring (bicyclic) bond motifs is 1. The van der Waals surface area contributed by atoms with Gasteiger partial charge in [0.05, 0.1) is 0 Å². The molecule has 0 fully saturated rings. The van der Waals surface area contributed by atoms with E-state index < -0.39 is 0 Å². The molecule has 1 aromatic heterocycles. The predicted molar refractivity (Wildman–Crippen MR) is 126 cm³/mol. The van der Waals surface area contributed by atoms with Gasteiger partial charge in [-0.1, -0.05) is 41.9 Å². The van der Waals surface area contributed by atoms with Gasteiger partial charge in [-0.3, -0.25) is 4.79 Å². The van der Waals surface area contributed by atoms with Crippen molar-refractivity contribution >= 4 is 38.6 Å². The van der Waals surface area contributed by atoms with Gasteiger partial charge >= 0.3 is 0 Å². The molecule has 31 heavy (non-hydrogen) atoms. The molecule has 0 bridgehead atoms. The summed E-state index contributed by atoms with van der Waals surface area (Å²) in [4.78, 5) is 16.9. The summed E-state index contributed by atoms with van der Waals surface area (Å²) in [6.45, 7) is 4.30. The first kappa shape index (κ1) is 21.1. The summed E-state index contributed by atoms with van der Waals surface area (Å²) in [7, 11) is 0. The lowest BCUT2D eigenvalue weighted by Crippen LogP contribution is -2.20. The zero-order chi connectivity index (χ0) is 21.8. The van der Waals surface area contributed by atoms with E-state index in [1.54, 1.807) is 12.1 Å². The van der Waals surface area contributed by atoms with Crippen molar-refractivity contribution in [2.24, 2.45) is 0 Å². The number of carbonyl (C=O) groups is 1. The number of anilines is 1. The minimum atomic E-state index is -0.240. The van der Waals surface area contributed by atoms with Crippen LogP contribution in [0.5, 0.6) is 5.75 Å².